The minimum absolute atomic E-state index is 0. The number of halogens is 4. The Morgan fingerprint density at radius 2 is 1.97 bits per heavy atom. The molecule has 1 aliphatic rings. The standard InChI is InChI=1S/C21H31F3N4O2.HI/c1-6-18(29)28-10-9-15(13-28)27-19(25-5)26-12-14-7-8-16(30-20(2,3)4)11-17(14)21(22,23)24;/h7-8,11,15H,6,9-10,12-13H2,1-5H3,(H2,25,26,27);1H. The highest BCUT2D eigenvalue weighted by Gasteiger charge is 2.34. The molecule has 1 aromatic carbocycles. The Labute approximate surface area is 199 Å². The number of hydrogen-bond donors (Lipinski definition) is 2. The number of nitrogens with one attached hydrogen (secondary N) is 2. The lowest BCUT2D eigenvalue weighted by atomic mass is 10.1. The summed E-state index contributed by atoms with van der Waals surface area (Å²) in [5.41, 5.74) is -1.24. The number of amides is 1. The molecule has 0 aromatic heterocycles. The van der Waals surface area contributed by atoms with Crippen LogP contribution in [0.4, 0.5) is 13.2 Å². The number of benzene rings is 1. The van der Waals surface area contributed by atoms with Crippen LogP contribution in [0.25, 0.3) is 0 Å². The maximum Gasteiger partial charge on any atom is 0.416 e. The molecule has 1 amide bonds. The van der Waals surface area contributed by atoms with Crippen LogP contribution in [0.2, 0.25) is 0 Å². The summed E-state index contributed by atoms with van der Waals surface area (Å²) in [5.74, 6) is 0.663. The van der Waals surface area contributed by atoms with E-state index in [0.29, 0.717) is 25.5 Å². The summed E-state index contributed by atoms with van der Waals surface area (Å²) in [7, 11) is 1.56. The Hall–Kier alpha value is -1.72. The third-order valence-electron chi connectivity index (χ3n) is 4.66. The first-order chi connectivity index (χ1) is 13.9. The van der Waals surface area contributed by atoms with Crippen molar-refractivity contribution >= 4 is 35.8 Å². The van der Waals surface area contributed by atoms with Crippen LogP contribution in [0.5, 0.6) is 5.75 Å². The molecule has 1 aromatic rings. The monoisotopic (exact) mass is 556 g/mol. The van der Waals surface area contributed by atoms with Gasteiger partial charge < -0.3 is 20.3 Å². The molecule has 0 saturated carbocycles. The van der Waals surface area contributed by atoms with Gasteiger partial charge in [0.2, 0.25) is 5.91 Å². The molecule has 2 N–H and O–H groups in total. The summed E-state index contributed by atoms with van der Waals surface area (Å²) in [4.78, 5) is 17.7. The first-order valence-corrected chi connectivity index (χ1v) is 10.1. The molecule has 1 fully saturated rings. The Morgan fingerprint density at radius 3 is 2.52 bits per heavy atom. The molecule has 1 heterocycles. The van der Waals surface area contributed by atoms with Gasteiger partial charge in [0.15, 0.2) is 5.96 Å². The van der Waals surface area contributed by atoms with Crippen LogP contribution in [0.3, 0.4) is 0 Å². The van der Waals surface area contributed by atoms with Gasteiger partial charge in [0, 0.05) is 39.1 Å². The second kappa shape index (κ2) is 11.2. The van der Waals surface area contributed by atoms with Crippen molar-refractivity contribution in [1.29, 1.82) is 0 Å². The number of hydrogen-bond acceptors (Lipinski definition) is 3. The molecule has 10 heteroatoms. The van der Waals surface area contributed by atoms with Gasteiger partial charge in [-0.15, -0.1) is 24.0 Å². The number of rotatable bonds is 5. The molecular weight excluding hydrogens is 524 g/mol. The minimum Gasteiger partial charge on any atom is -0.488 e. The van der Waals surface area contributed by atoms with Gasteiger partial charge in [0.1, 0.15) is 11.4 Å². The Kier molecular flexibility index (Phi) is 9.90. The lowest BCUT2D eigenvalue weighted by Gasteiger charge is -2.23. The SMILES string of the molecule is CCC(=O)N1CCC(NC(=NC)NCc2ccc(OC(C)(C)C)cc2C(F)(F)F)C1.I. The van der Waals surface area contributed by atoms with E-state index in [-0.39, 0.29) is 53.8 Å². The second-order valence-corrected chi connectivity index (χ2v) is 8.28. The van der Waals surface area contributed by atoms with Crippen molar-refractivity contribution in [2.75, 3.05) is 20.1 Å². The van der Waals surface area contributed by atoms with Gasteiger partial charge in [-0.2, -0.15) is 13.2 Å². The molecule has 1 aliphatic heterocycles. The molecule has 6 nitrogen and oxygen atoms in total. The van der Waals surface area contributed by atoms with E-state index in [0.717, 1.165) is 12.5 Å². The molecule has 2 rings (SSSR count). The van der Waals surface area contributed by atoms with Crippen LogP contribution in [0, 0.1) is 0 Å². The van der Waals surface area contributed by atoms with Crippen LogP contribution in [0.1, 0.15) is 51.7 Å². The highest BCUT2D eigenvalue weighted by atomic mass is 127. The minimum atomic E-state index is -4.50. The van der Waals surface area contributed by atoms with Gasteiger partial charge in [-0.05, 0) is 44.9 Å². The molecule has 0 spiro atoms. The fraction of sp³-hybridized carbons (Fsp3) is 0.619. The maximum atomic E-state index is 13.6. The summed E-state index contributed by atoms with van der Waals surface area (Å²) in [6, 6.07) is 4.00. The van der Waals surface area contributed by atoms with Crippen LogP contribution in [0.15, 0.2) is 23.2 Å². The Bertz CT molecular complexity index is 779. The predicted molar refractivity (Wildman–Crippen MR) is 126 cm³/mol. The zero-order chi connectivity index (χ0) is 22.5. The number of aliphatic imine (C=N–C) groups is 1. The third-order valence-corrected chi connectivity index (χ3v) is 4.66. The average molecular weight is 556 g/mol. The highest BCUT2D eigenvalue weighted by molar-refractivity contribution is 14.0. The molecule has 1 saturated heterocycles. The lowest BCUT2D eigenvalue weighted by molar-refractivity contribution is -0.138. The Morgan fingerprint density at radius 1 is 1.29 bits per heavy atom. The first-order valence-electron chi connectivity index (χ1n) is 10.1. The fourth-order valence-corrected chi connectivity index (χ4v) is 3.29. The number of guanidine groups is 1. The quantitative estimate of drug-likeness (QED) is 0.325. The largest absolute Gasteiger partial charge is 0.488 e. The molecule has 0 aliphatic carbocycles. The van der Waals surface area contributed by atoms with E-state index >= 15 is 0 Å². The zero-order valence-corrected chi connectivity index (χ0v) is 20.9. The van der Waals surface area contributed by atoms with Gasteiger partial charge in [-0.3, -0.25) is 9.79 Å². The van der Waals surface area contributed by atoms with Gasteiger partial charge in [0.25, 0.3) is 0 Å². The molecule has 1 atom stereocenters. The third kappa shape index (κ3) is 8.38. The van der Waals surface area contributed by atoms with E-state index < -0.39 is 17.3 Å². The van der Waals surface area contributed by atoms with Crippen molar-refractivity contribution in [3.63, 3.8) is 0 Å². The summed E-state index contributed by atoms with van der Waals surface area (Å²) in [6.45, 7) is 8.33. The summed E-state index contributed by atoms with van der Waals surface area (Å²) in [5, 5.41) is 6.13. The Balaban J connectivity index is 0.00000480. The molecular formula is C21H32F3IN4O2. The van der Waals surface area contributed by atoms with Gasteiger partial charge in [0.05, 0.1) is 5.56 Å². The smallest absolute Gasteiger partial charge is 0.416 e. The topological polar surface area (TPSA) is 66.0 Å². The van der Waals surface area contributed by atoms with E-state index in [1.165, 1.54) is 6.07 Å². The second-order valence-electron chi connectivity index (χ2n) is 8.28. The molecule has 1 unspecified atom stereocenters. The van der Waals surface area contributed by atoms with Crippen molar-refractivity contribution < 1.29 is 22.7 Å². The number of alkyl halides is 3. The summed E-state index contributed by atoms with van der Waals surface area (Å²) < 4.78 is 46.3. The number of ether oxygens (including phenoxy) is 1. The number of nitrogens with zero attached hydrogens (tertiary/aromatic N) is 2. The fourth-order valence-electron chi connectivity index (χ4n) is 3.29. The van der Waals surface area contributed by atoms with E-state index in [2.05, 4.69) is 15.6 Å². The van der Waals surface area contributed by atoms with Gasteiger partial charge in [-0.1, -0.05) is 13.0 Å². The molecule has 176 valence electrons. The molecule has 31 heavy (non-hydrogen) atoms. The van der Waals surface area contributed by atoms with Crippen molar-refractivity contribution in [2.24, 2.45) is 4.99 Å². The number of carbonyl (C=O) groups excluding carboxylic acids is 1. The highest BCUT2D eigenvalue weighted by Crippen LogP contribution is 2.35. The summed E-state index contributed by atoms with van der Waals surface area (Å²) in [6.07, 6.45) is -3.29. The van der Waals surface area contributed by atoms with E-state index in [9.17, 15) is 18.0 Å². The van der Waals surface area contributed by atoms with Crippen molar-refractivity contribution in [3.8, 4) is 5.75 Å². The van der Waals surface area contributed by atoms with E-state index in [1.807, 2.05) is 6.92 Å². The van der Waals surface area contributed by atoms with Gasteiger partial charge in [-0.25, -0.2) is 0 Å². The van der Waals surface area contributed by atoms with Crippen LogP contribution in [-0.2, 0) is 17.5 Å². The number of likely N-dealkylation sites (tertiary alicyclic amines) is 1. The predicted octanol–water partition coefficient (Wildman–Crippen LogP) is 4.18. The van der Waals surface area contributed by atoms with Crippen molar-refractivity contribution in [1.82, 2.24) is 15.5 Å². The molecule has 0 radical (unpaired) electrons. The van der Waals surface area contributed by atoms with Crippen LogP contribution in [-0.4, -0.2) is 48.5 Å². The molecule has 0 bridgehead atoms. The van der Waals surface area contributed by atoms with Crippen LogP contribution < -0.4 is 15.4 Å². The summed E-state index contributed by atoms with van der Waals surface area (Å²) >= 11 is 0. The number of carbonyl (C=O) groups is 1. The van der Waals surface area contributed by atoms with E-state index in [4.69, 9.17) is 4.74 Å². The first kappa shape index (κ1) is 27.3. The maximum absolute atomic E-state index is 13.6. The zero-order valence-electron chi connectivity index (χ0n) is 18.6. The normalized spacial score (nSPS) is 17.2. The average Bonchev–Trinajstić information content (AvgIpc) is 3.11. The van der Waals surface area contributed by atoms with Crippen LogP contribution >= 0.6 is 24.0 Å². The van der Waals surface area contributed by atoms with Crippen molar-refractivity contribution in [2.45, 2.75) is 64.9 Å². The van der Waals surface area contributed by atoms with E-state index in [1.54, 1.807) is 38.8 Å². The van der Waals surface area contributed by atoms with Gasteiger partial charge >= 0.3 is 6.18 Å². The lowest BCUT2D eigenvalue weighted by Crippen LogP contribution is -2.44. The van der Waals surface area contributed by atoms with Crippen molar-refractivity contribution in [3.05, 3.63) is 29.3 Å².